The van der Waals surface area contributed by atoms with E-state index in [4.69, 9.17) is 0 Å². The summed E-state index contributed by atoms with van der Waals surface area (Å²) in [7, 11) is 0. The standard InChI is InChI=1S/C15H17F3N2O3/c1-9(21)10-5-6-13(14(7-10)20(22)23)19-12-4-2-3-11(8-12)15(16,17)18/h5-7,11-12,19H,2-4,8H2,1H3. The Labute approximate surface area is 131 Å². The maximum absolute atomic E-state index is 12.8. The Morgan fingerprint density at radius 1 is 1.35 bits per heavy atom. The second-order valence-corrected chi connectivity index (χ2v) is 5.79. The monoisotopic (exact) mass is 330 g/mol. The minimum atomic E-state index is -4.25. The van der Waals surface area contributed by atoms with Crippen LogP contribution in [0.25, 0.3) is 0 Å². The Kier molecular flexibility index (Phi) is 4.91. The van der Waals surface area contributed by atoms with E-state index >= 15 is 0 Å². The molecule has 2 unspecified atom stereocenters. The van der Waals surface area contributed by atoms with E-state index in [0.717, 1.165) is 6.07 Å². The van der Waals surface area contributed by atoms with Crippen molar-refractivity contribution in [2.24, 2.45) is 5.92 Å². The van der Waals surface area contributed by atoms with Crippen molar-refractivity contribution in [1.82, 2.24) is 0 Å². The zero-order chi connectivity index (χ0) is 17.2. The van der Waals surface area contributed by atoms with Gasteiger partial charge in [0.2, 0.25) is 0 Å². The summed E-state index contributed by atoms with van der Waals surface area (Å²) in [5, 5.41) is 14.0. The Morgan fingerprint density at radius 2 is 2.04 bits per heavy atom. The topological polar surface area (TPSA) is 72.2 Å². The molecule has 1 aromatic rings. The lowest BCUT2D eigenvalue weighted by Gasteiger charge is -2.31. The number of anilines is 1. The van der Waals surface area contributed by atoms with E-state index < -0.39 is 23.1 Å². The molecule has 0 aromatic heterocycles. The van der Waals surface area contributed by atoms with Gasteiger partial charge in [-0.2, -0.15) is 13.2 Å². The van der Waals surface area contributed by atoms with Crippen LogP contribution in [0.4, 0.5) is 24.5 Å². The molecule has 0 radical (unpaired) electrons. The van der Waals surface area contributed by atoms with Crippen LogP contribution in [0.5, 0.6) is 0 Å². The number of ketones is 1. The summed E-state index contributed by atoms with van der Waals surface area (Å²) in [4.78, 5) is 21.8. The van der Waals surface area contributed by atoms with Crippen LogP contribution in [0.3, 0.4) is 0 Å². The molecule has 0 saturated heterocycles. The average molecular weight is 330 g/mol. The number of Topliss-reactive ketones (excluding diaryl/α,β-unsaturated/α-hetero) is 1. The number of hydrogen-bond acceptors (Lipinski definition) is 4. The molecule has 1 fully saturated rings. The first-order valence-corrected chi connectivity index (χ1v) is 7.31. The Hall–Kier alpha value is -2.12. The third-order valence-corrected chi connectivity index (χ3v) is 4.10. The second kappa shape index (κ2) is 6.55. The molecular weight excluding hydrogens is 313 g/mol. The van der Waals surface area contributed by atoms with E-state index in [1.807, 2.05) is 0 Å². The van der Waals surface area contributed by atoms with Crippen molar-refractivity contribution in [1.29, 1.82) is 0 Å². The zero-order valence-corrected chi connectivity index (χ0v) is 12.5. The van der Waals surface area contributed by atoms with E-state index in [0.29, 0.717) is 12.8 Å². The highest BCUT2D eigenvalue weighted by Crippen LogP contribution is 2.39. The molecule has 1 saturated carbocycles. The van der Waals surface area contributed by atoms with E-state index in [1.165, 1.54) is 19.1 Å². The number of carbonyl (C=O) groups excluding carboxylic acids is 1. The number of nitrogens with zero attached hydrogens (tertiary/aromatic N) is 1. The van der Waals surface area contributed by atoms with Crippen molar-refractivity contribution in [2.45, 2.75) is 44.8 Å². The predicted octanol–water partition coefficient (Wildman–Crippen LogP) is 4.33. The lowest BCUT2D eigenvalue weighted by atomic mass is 9.85. The smallest absolute Gasteiger partial charge is 0.377 e. The van der Waals surface area contributed by atoms with Gasteiger partial charge in [0.1, 0.15) is 5.69 Å². The summed E-state index contributed by atoms with van der Waals surface area (Å²) in [5.74, 6) is -1.70. The van der Waals surface area contributed by atoms with Gasteiger partial charge in [0.25, 0.3) is 5.69 Å². The molecule has 0 bridgehead atoms. The molecular formula is C15H17F3N2O3. The van der Waals surface area contributed by atoms with Crippen LogP contribution in [0.1, 0.15) is 43.0 Å². The molecule has 0 amide bonds. The van der Waals surface area contributed by atoms with Gasteiger partial charge in [-0.25, -0.2) is 0 Å². The van der Waals surface area contributed by atoms with Gasteiger partial charge in [0.05, 0.1) is 10.8 Å². The average Bonchev–Trinajstić information content (AvgIpc) is 2.46. The highest BCUT2D eigenvalue weighted by atomic mass is 19.4. The minimum absolute atomic E-state index is 0.0903. The molecule has 126 valence electrons. The fraction of sp³-hybridized carbons (Fsp3) is 0.533. The van der Waals surface area contributed by atoms with Crippen LogP contribution in [0.2, 0.25) is 0 Å². The Morgan fingerprint density at radius 3 is 2.61 bits per heavy atom. The summed E-state index contributed by atoms with van der Waals surface area (Å²) >= 11 is 0. The fourth-order valence-electron chi connectivity index (χ4n) is 2.86. The van der Waals surface area contributed by atoms with Gasteiger partial charge in [-0.05, 0) is 38.3 Å². The molecule has 2 rings (SSSR count). The molecule has 8 heteroatoms. The highest BCUT2D eigenvalue weighted by Gasteiger charge is 2.42. The van der Waals surface area contributed by atoms with Crippen molar-refractivity contribution in [3.63, 3.8) is 0 Å². The molecule has 0 heterocycles. The quantitative estimate of drug-likeness (QED) is 0.507. The molecule has 1 aromatic carbocycles. The molecule has 1 aliphatic rings. The number of nitro benzene ring substituents is 1. The van der Waals surface area contributed by atoms with Gasteiger partial charge < -0.3 is 5.32 Å². The number of halogens is 3. The van der Waals surface area contributed by atoms with Crippen molar-refractivity contribution in [3.8, 4) is 0 Å². The number of nitro groups is 1. The van der Waals surface area contributed by atoms with E-state index in [-0.39, 0.29) is 35.6 Å². The summed E-state index contributed by atoms with van der Waals surface area (Å²) < 4.78 is 38.5. The third-order valence-electron chi connectivity index (χ3n) is 4.10. The fourth-order valence-corrected chi connectivity index (χ4v) is 2.86. The summed E-state index contributed by atoms with van der Waals surface area (Å²) in [5.41, 5.74) is 0.0405. The first kappa shape index (κ1) is 17.2. The molecule has 5 nitrogen and oxygen atoms in total. The van der Waals surface area contributed by atoms with Gasteiger partial charge in [-0.3, -0.25) is 14.9 Å². The molecule has 2 atom stereocenters. The van der Waals surface area contributed by atoms with E-state index in [2.05, 4.69) is 5.32 Å². The molecule has 23 heavy (non-hydrogen) atoms. The SMILES string of the molecule is CC(=O)c1ccc(NC2CCCC(C(F)(F)F)C2)c([N+](=O)[O-])c1. The summed E-state index contributed by atoms with van der Waals surface area (Å²) in [6.45, 7) is 1.29. The molecule has 0 aliphatic heterocycles. The minimum Gasteiger partial charge on any atom is -0.377 e. The van der Waals surface area contributed by atoms with E-state index in [9.17, 15) is 28.1 Å². The third kappa shape index (κ3) is 4.20. The van der Waals surface area contributed by atoms with Crippen LogP contribution in [-0.4, -0.2) is 22.9 Å². The van der Waals surface area contributed by atoms with Crippen LogP contribution >= 0.6 is 0 Å². The molecule has 1 aliphatic carbocycles. The lowest BCUT2D eigenvalue weighted by molar-refractivity contribution is -0.384. The predicted molar refractivity (Wildman–Crippen MR) is 78.5 cm³/mol. The second-order valence-electron chi connectivity index (χ2n) is 5.79. The zero-order valence-electron chi connectivity index (χ0n) is 12.5. The van der Waals surface area contributed by atoms with Crippen molar-refractivity contribution >= 4 is 17.2 Å². The van der Waals surface area contributed by atoms with Gasteiger partial charge in [0, 0.05) is 17.7 Å². The molecule has 0 spiro atoms. The maximum atomic E-state index is 12.8. The number of carbonyl (C=O) groups is 1. The summed E-state index contributed by atoms with van der Waals surface area (Å²) in [6.07, 6.45) is -3.31. The normalized spacial score (nSPS) is 21.7. The number of nitrogens with one attached hydrogen (secondary N) is 1. The first-order valence-electron chi connectivity index (χ1n) is 7.31. The first-order chi connectivity index (χ1) is 10.7. The maximum Gasteiger partial charge on any atom is 0.391 e. The van der Waals surface area contributed by atoms with Gasteiger partial charge >= 0.3 is 6.18 Å². The van der Waals surface area contributed by atoms with Crippen LogP contribution in [0.15, 0.2) is 18.2 Å². The Bertz CT molecular complexity index is 616. The lowest BCUT2D eigenvalue weighted by Crippen LogP contribution is -2.34. The largest absolute Gasteiger partial charge is 0.391 e. The van der Waals surface area contributed by atoms with Gasteiger partial charge in [0.15, 0.2) is 5.78 Å². The van der Waals surface area contributed by atoms with Crippen LogP contribution < -0.4 is 5.32 Å². The highest BCUT2D eigenvalue weighted by molar-refractivity contribution is 5.95. The van der Waals surface area contributed by atoms with Gasteiger partial charge in [-0.1, -0.05) is 6.42 Å². The van der Waals surface area contributed by atoms with Gasteiger partial charge in [-0.15, -0.1) is 0 Å². The number of alkyl halides is 3. The number of benzene rings is 1. The number of hydrogen-bond donors (Lipinski definition) is 1. The van der Waals surface area contributed by atoms with Crippen molar-refractivity contribution in [3.05, 3.63) is 33.9 Å². The Balaban J connectivity index is 2.19. The van der Waals surface area contributed by atoms with Crippen LogP contribution in [0, 0.1) is 16.0 Å². The molecule has 1 N–H and O–H groups in total. The van der Waals surface area contributed by atoms with Crippen molar-refractivity contribution in [2.75, 3.05) is 5.32 Å². The van der Waals surface area contributed by atoms with Crippen molar-refractivity contribution < 1.29 is 22.9 Å². The van der Waals surface area contributed by atoms with Crippen LogP contribution in [-0.2, 0) is 0 Å². The number of rotatable bonds is 4. The summed E-state index contributed by atoms with van der Waals surface area (Å²) in [6, 6.07) is 3.49. The van der Waals surface area contributed by atoms with E-state index in [1.54, 1.807) is 0 Å².